The molecule has 2 aromatic heterocycles. The molecule has 1 fully saturated rings. The van der Waals surface area contributed by atoms with Crippen LogP contribution in [0.25, 0.3) is 0 Å². The SMILES string of the molecule is CN=C(NCC(c1ccc(C)s1)N1CCOCC1)NCC(C)(C)c1cccs1.I. The molecule has 3 heterocycles. The quantitative estimate of drug-likeness (QED) is 0.309. The molecular formula is C21H33IN4OS2. The third-order valence-electron chi connectivity index (χ3n) is 5.15. The molecule has 2 aromatic rings. The standard InChI is InChI=1S/C21H32N4OS2.HI/c1-16-7-8-18(28-16)17(25-9-11-26-12-10-25)14-23-20(22-4)24-15-21(2,3)19-6-5-13-27-19;/h5-8,13,17H,9-12,14-15H2,1-4H3,(H2,22,23,24);1H. The van der Waals surface area contributed by atoms with E-state index in [1.54, 1.807) is 0 Å². The fourth-order valence-electron chi connectivity index (χ4n) is 3.40. The Hall–Kier alpha value is -0.680. The van der Waals surface area contributed by atoms with Crippen LogP contribution in [0.3, 0.4) is 0 Å². The molecule has 1 aliphatic heterocycles. The maximum Gasteiger partial charge on any atom is 0.191 e. The van der Waals surface area contributed by atoms with Gasteiger partial charge in [0, 0.05) is 53.3 Å². The Labute approximate surface area is 200 Å². The van der Waals surface area contributed by atoms with Crippen molar-refractivity contribution >= 4 is 52.6 Å². The van der Waals surface area contributed by atoms with E-state index in [0.717, 1.165) is 45.4 Å². The normalized spacial score (nSPS) is 16.9. The number of nitrogens with one attached hydrogen (secondary N) is 2. The van der Waals surface area contributed by atoms with E-state index in [-0.39, 0.29) is 29.4 Å². The minimum absolute atomic E-state index is 0. The highest BCUT2D eigenvalue weighted by Gasteiger charge is 2.25. The number of thiophene rings is 2. The predicted molar refractivity (Wildman–Crippen MR) is 136 cm³/mol. The molecule has 3 rings (SSSR count). The monoisotopic (exact) mass is 548 g/mol. The van der Waals surface area contributed by atoms with Crippen molar-refractivity contribution in [1.82, 2.24) is 15.5 Å². The highest BCUT2D eigenvalue weighted by molar-refractivity contribution is 14.0. The summed E-state index contributed by atoms with van der Waals surface area (Å²) in [4.78, 5) is 11.1. The summed E-state index contributed by atoms with van der Waals surface area (Å²) in [6.07, 6.45) is 0. The van der Waals surface area contributed by atoms with Crippen molar-refractivity contribution in [3.05, 3.63) is 44.3 Å². The van der Waals surface area contributed by atoms with Crippen molar-refractivity contribution in [2.75, 3.05) is 46.4 Å². The van der Waals surface area contributed by atoms with Gasteiger partial charge in [0.1, 0.15) is 0 Å². The lowest BCUT2D eigenvalue weighted by Crippen LogP contribution is -2.47. The van der Waals surface area contributed by atoms with Crippen molar-refractivity contribution < 1.29 is 4.74 Å². The number of hydrogen-bond acceptors (Lipinski definition) is 5. The summed E-state index contributed by atoms with van der Waals surface area (Å²) in [6.45, 7) is 11.9. The molecule has 2 N–H and O–H groups in total. The zero-order valence-corrected chi connectivity index (χ0v) is 21.7. The Morgan fingerprint density at radius 2 is 2.00 bits per heavy atom. The molecule has 5 nitrogen and oxygen atoms in total. The Balaban J connectivity index is 0.00000300. The average molecular weight is 549 g/mol. The second-order valence-electron chi connectivity index (χ2n) is 7.78. The van der Waals surface area contributed by atoms with Gasteiger partial charge in [-0.3, -0.25) is 9.89 Å². The maximum atomic E-state index is 5.56. The van der Waals surface area contributed by atoms with Crippen LogP contribution in [0.2, 0.25) is 0 Å². The molecule has 0 aromatic carbocycles. The third-order valence-corrected chi connectivity index (χ3v) is 7.49. The number of halogens is 1. The van der Waals surface area contributed by atoms with Crippen LogP contribution in [-0.4, -0.2) is 57.3 Å². The molecule has 1 unspecified atom stereocenters. The number of rotatable bonds is 7. The van der Waals surface area contributed by atoms with E-state index in [1.165, 1.54) is 14.6 Å². The summed E-state index contributed by atoms with van der Waals surface area (Å²) in [6, 6.07) is 9.13. The Morgan fingerprint density at radius 1 is 1.24 bits per heavy atom. The number of ether oxygens (including phenoxy) is 1. The average Bonchev–Trinajstić information content (AvgIpc) is 3.38. The van der Waals surface area contributed by atoms with Crippen molar-refractivity contribution in [3.8, 4) is 0 Å². The number of hydrogen-bond donors (Lipinski definition) is 2. The molecule has 8 heteroatoms. The highest BCUT2D eigenvalue weighted by atomic mass is 127. The van der Waals surface area contributed by atoms with Crippen LogP contribution >= 0.6 is 46.7 Å². The van der Waals surface area contributed by atoms with Gasteiger partial charge in [-0.1, -0.05) is 19.9 Å². The summed E-state index contributed by atoms with van der Waals surface area (Å²) in [5.74, 6) is 0.858. The lowest BCUT2D eigenvalue weighted by Gasteiger charge is -2.34. The van der Waals surface area contributed by atoms with Gasteiger partial charge in [-0.25, -0.2) is 0 Å². The van der Waals surface area contributed by atoms with Crippen LogP contribution < -0.4 is 10.6 Å². The molecule has 1 saturated heterocycles. The topological polar surface area (TPSA) is 48.9 Å². The Bertz CT molecular complexity index is 755. The van der Waals surface area contributed by atoms with Gasteiger partial charge in [-0.15, -0.1) is 46.7 Å². The number of guanidine groups is 1. The number of aryl methyl sites for hydroxylation is 1. The molecule has 29 heavy (non-hydrogen) atoms. The van der Waals surface area contributed by atoms with Crippen molar-refractivity contribution in [2.45, 2.75) is 32.2 Å². The van der Waals surface area contributed by atoms with E-state index in [4.69, 9.17) is 4.74 Å². The zero-order chi connectivity index (χ0) is 20.0. The second-order valence-corrected chi connectivity index (χ2v) is 10.0. The van der Waals surface area contributed by atoms with Crippen molar-refractivity contribution in [3.63, 3.8) is 0 Å². The summed E-state index contributed by atoms with van der Waals surface area (Å²) >= 11 is 3.69. The van der Waals surface area contributed by atoms with Crippen LogP contribution in [0, 0.1) is 6.92 Å². The highest BCUT2D eigenvalue weighted by Crippen LogP contribution is 2.28. The van der Waals surface area contributed by atoms with Crippen LogP contribution in [-0.2, 0) is 10.2 Å². The number of aliphatic imine (C=N–C) groups is 1. The van der Waals surface area contributed by atoms with E-state index >= 15 is 0 Å². The van der Waals surface area contributed by atoms with Crippen LogP contribution in [0.15, 0.2) is 34.6 Å². The molecule has 0 bridgehead atoms. The van der Waals surface area contributed by atoms with Crippen LogP contribution in [0.5, 0.6) is 0 Å². The summed E-state index contributed by atoms with van der Waals surface area (Å²) < 4.78 is 5.56. The summed E-state index contributed by atoms with van der Waals surface area (Å²) in [7, 11) is 1.84. The summed E-state index contributed by atoms with van der Waals surface area (Å²) in [5.41, 5.74) is 0.0697. The molecule has 0 amide bonds. The van der Waals surface area contributed by atoms with Gasteiger partial charge < -0.3 is 15.4 Å². The second kappa shape index (κ2) is 11.6. The van der Waals surface area contributed by atoms with Gasteiger partial charge in [0.25, 0.3) is 0 Å². The smallest absolute Gasteiger partial charge is 0.191 e. The predicted octanol–water partition coefficient (Wildman–Crippen LogP) is 4.25. The molecular weight excluding hydrogens is 515 g/mol. The van der Waals surface area contributed by atoms with E-state index in [2.05, 4.69) is 70.9 Å². The molecule has 0 aliphatic carbocycles. The largest absolute Gasteiger partial charge is 0.379 e. The minimum Gasteiger partial charge on any atom is -0.379 e. The first-order valence-corrected chi connectivity index (χ1v) is 11.6. The minimum atomic E-state index is 0. The van der Waals surface area contributed by atoms with Gasteiger partial charge in [0.05, 0.1) is 19.3 Å². The van der Waals surface area contributed by atoms with Gasteiger partial charge in [0.15, 0.2) is 5.96 Å². The third kappa shape index (κ3) is 6.92. The van der Waals surface area contributed by atoms with E-state index in [1.807, 2.05) is 29.7 Å². The van der Waals surface area contributed by atoms with Crippen LogP contribution in [0.4, 0.5) is 0 Å². The first-order valence-electron chi connectivity index (χ1n) is 9.86. The number of morpholine rings is 1. The van der Waals surface area contributed by atoms with E-state index < -0.39 is 0 Å². The van der Waals surface area contributed by atoms with E-state index in [0.29, 0.717) is 6.04 Å². The Kier molecular flexibility index (Phi) is 9.87. The molecule has 1 aliphatic rings. The first kappa shape index (κ1) is 24.6. The van der Waals surface area contributed by atoms with Crippen LogP contribution in [0.1, 0.15) is 34.5 Å². The lowest BCUT2D eigenvalue weighted by molar-refractivity contribution is 0.0177. The Morgan fingerprint density at radius 3 is 2.59 bits per heavy atom. The molecule has 0 radical (unpaired) electrons. The van der Waals surface area contributed by atoms with Gasteiger partial charge in [-0.05, 0) is 30.5 Å². The number of nitrogens with zero attached hydrogens (tertiary/aromatic N) is 2. The van der Waals surface area contributed by atoms with Crippen molar-refractivity contribution in [2.24, 2.45) is 4.99 Å². The fraction of sp³-hybridized carbons (Fsp3) is 0.571. The molecule has 0 spiro atoms. The van der Waals surface area contributed by atoms with Gasteiger partial charge in [-0.2, -0.15) is 0 Å². The first-order chi connectivity index (χ1) is 13.5. The van der Waals surface area contributed by atoms with Crippen molar-refractivity contribution in [1.29, 1.82) is 0 Å². The molecule has 162 valence electrons. The molecule has 1 atom stereocenters. The zero-order valence-electron chi connectivity index (χ0n) is 17.7. The lowest BCUT2D eigenvalue weighted by atomic mass is 9.91. The molecule has 0 saturated carbocycles. The summed E-state index contributed by atoms with van der Waals surface area (Å²) in [5, 5.41) is 9.22. The fourth-order valence-corrected chi connectivity index (χ4v) is 5.27. The maximum absolute atomic E-state index is 5.56. The van der Waals surface area contributed by atoms with Gasteiger partial charge in [0.2, 0.25) is 0 Å². The van der Waals surface area contributed by atoms with Gasteiger partial charge >= 0.3 is 0 Å². The van der Waals surface area contributed by atoms with E-state index in [9.17, 15) is 0 Å².